The van der Waals surface area contributed by atoms with Crippen LogP contribution in [0.5, 0.6) is 11.5 Å². The molecule has 1 N–H and O–H groups in total. The van der Waals surface area contributed by atoms with Gasteiger partial charge in [-0.15, -0.1) is 24.0 Å². The van der Waals surface area contributed by atoms with Crippen LogP contribution in [0.25, 0.3) is 0 Å². The van der Waals surface area contributed by atoms with E-state index < -0.39 is 0 Å². The van der Waals surface area contributed by atoms with E-state index in [1.165, 1.54) is 11.1 Å². The fourth-order valence-corrected chi connectivity index (χ4v) is 3.02. The van der Waals surface area contributed by atoms with E-state index in [0.717, 1.165) is 50.1 Å². The van der Waals surface area contributed by atoms with Crippen molar-refractivity contribution in [1.29, 1.82) is 0 Å². The molecule has 1 aliphatic heterocycles. The Hall–Kier alpha value is -1.22. The van der Waals surface area contributed by atoms with Crippen LogP contribution in [-0.4, -0.2) is 57.9 Å². The second-order valence-corrected chi connectivity index (χ2v) is 6.85. The molecule has 1 aromatic carbocycles. The van der Waals surface area contributed by atoms with Gasteiger partial charge in [0.1, 0.15) is 0 Å². The summed E-state index contributed by atoms with van der Waals surface area (Å²) in [5, 5.41) is 3.40. The molecule has 6 nitrogen and oxygen atoms in total. The summed E-state index contributed by atoms with van der Waals surface area (Å²) in [6.07, 6.45) is 0.962. The van der Waals surface area contributed by atoms with Gasteiger partial charge in [0, 0.05) is 26.2 Å². The summed E-state index contributed by atoms with van der Waals surface area (Å²) in [6.45, 7) is 11.1. The van der Waals surface area contributed by atoms with Crippen LogP contribution in [0.3, 0.4) is 0 Å². The fraction of sp³-hybridized carbons (Fsp3) is 0.650. The van der Waals surface area contributed by atoms with Crippen LogP contribution in [0.4, 0.5) is 0 Å². The number of ether oxygens (including phenoxy) is 3. The van der Waals surface area contributed by atoms with Crippen molar-refractivity contribution in [2.75, 3.05) is 47.1 Å². The maximum absolute atomic E-state index is 5.64. The van der Waals surface area contributed by atoms with Gasteiger partial charge in [-0.3, -0.25) is 4.99 Å². The second-order valence-electron chi connectivity index (χ2n) is 6.85. The minimum atomic E-state index is 0. The van der Waals surface area contributed by atoms with Crippen LogP contribution in [0, 0.1) is 5.92 Å². The summed E-state index contributed by atoms with van der Waals surface area (Å²) in [5.74, 6) is 3.07. The molecule has 0 bridgehead atoms. The molecule has 154 valence electrons. The third-order valence-electron chi connectivity index (χ3n) is 4.30. The molecule has 0 unspecified atom stereocenters. The molecule has 0 fully saturated rings. The number of benzene rings is 1. The summed E-state index contributed by atoms with van der Waals surface area (Å²) in [7, 11) is 3.35. The lowest BCUT2D eigenvalue weighted by molar-refractivity contribution is 0.116. The smallest absolute Gasteiger partial charge is 0.194 e. The van der Waals surface area contributed by atoms with Crippen molar-refractivity contribution in [2.24, 2.45) is 10.9 Å². The van der Waals surface area contributed by atoms with Gasteiger partial charge in [-0.1, -0.05) is 13.8 Å². The molecule has 0 atom stereocenters. The summed E-state index contributed by atoms with van der Waals surface area (Å²) in [5.41, 5.74) is 2.57. The molecule has 0 saturated heterocycles. The number of hydrogen-bond donors (Lipinski definition) is 1. The third kappa shape index (κ3) is 7.03. The van der Waals surface area contributed by atoms with E-state index >= 15 is 0 Å². The van der Waals surface area contributed by atoms with Crippen molar-refractivity contribution in [3.63, 3.8) is 0 Å². The zero-order chi connectivity index (χ0) is 18.9. The average molecular weight is 491 g/mol. The van der Waals surface area contributed by atoms with Crippen LogP contribution in [0.1, 0.15) is 31.9 Å². The quantitative estimate of drug-likeness (QED) is 0.262. The molecule has 1 aromatic rings. The summed E-state index contributed by atoms with van der Waals surface area (Å²) >= 11 is 0. The largest absolute Gasteiger partial charge is 0.493 e. The highest BCUT2D eigenvalue weighted by atomic mass is 127. The van der Waals surface area contributed by atoms with Gasteiger partial charge < -0.3 is 24.4 Å². The molecule has 2 rings (SSSR count). The lowest BCUT2D eigenvalue weighted by atomic mass is 9.99. The highest BCUT2D eigenvalue weighted by molar-refractivity contribution is 14.0. The minimum Gasteiger partial charge on any atom is -0.493 e. The highest BCUT2D eigenvalue weighted by Gasteiger charge is 2.21. The topological polar surface area (TPSA) is 55.3 Å². The average Bonchev–Trinajstić information content (AvgIpc) is 2.65. The lowest BCUT2D eigenvalue weighted by Gasteiger charge is -2.32. The van der Waals surface area contributed by atoms with Crippen LogP contribution >= 0.6 is 24.0 Å². The zero-order valence-corrected chi connectivity index (χ0v) is 19.5. The predicted octanol–water partition coefficient (Wildman–Crippen LogP) is 3.32. The van der Waals surface area contributed by atoms with Crippen LogP contribution in [0.2, 0.25) is 0 Å². The molecule has 0 aromatic heterocycles. The Morgan fingerprint density at radius 3 is 2.44 bits per heavy atom. The van der Waals surface area contributed by atoms with Gasteiger partial charge in [0.15, 0.2) is 17.5 Å². The number of guanidine groups is 1. The molecule has 27 heavy (non-hydrogen) atoms. The van der Waals surface area contributed by atoms with Gasteiger partial charge in [0.25, 0.3) is 0 Å². The molecule has 1 heterocycles. The first-order chi connectivity index (χ1) is 12.6. The standard InChI is InChI=1S/C20H33N3O3.HI/c1-6-21-20(22-8-10-26-14-15(2)3)23-9-7-16-11-18(24-4)19(25-5)12-17(16)13-23;/h11-12,15H,6-10,13-14H2,1-5H3,(H,21,22);1H. The Morgan fingerprint density at radius 1 is 1.19 bits per heavy atom. The van der Waals surface area contributed by atoms with Crippen molar-refractivity contribution >= 4 is 29.9 Å². The summed E-state index contributed by atoms with van der Waals surface area (Å²) in [6, 6.07) is 4.17. The van der Waals surface area contributed by atoms with E-state index in [2.05, 4.69) is 43.1 Å². The van der Waals surface area contributed by atoms with Crippen molar-refractivity contribution in [2.45, 2.75) is 33.7 Å². The van der Waals surface area contributed by atoms with Gasteiger partial charge in [0.05, 0.1) is 27.4 Å². The molecule has 0 radical (unpaired) electrons. The maximum atomic E-state index is 5.64. The number of halogens is 1. The number of methoxy groups -OCH3 is 2. The van der Waals surface area contributed by atoms with E-state index in [1.54, 1.807) is 14.2 Å². The number of aliphatic imine (C=N–C) groups is 1. The Balaban J connectivity index is 0.00000364. The molecular weight excluding hydrogens is 457 g/mol. The number of hydrogen-bond acceptors (Lipinski definition) is 4. The monoisotopic (exact) mass is 491 g/mol. The molecule has 0 amide bonds. The first-order valence-electron chi connectivity index (χ1n) is 9.43. The molecule has 1 aliphatic rings. The van der Waals surface area contributed by atoms with Gasteiger partial charge >= 0.3 is 0 Å². The first-order valence-corrected chi connectivity index (χ1v) is 9.43. The SMILES string of the molecule is CCNC(=NCCOCC(C)C)N1CCc2cc(OC)c(OC)cc2C1.I. The Labute approximate surface area is 180 Å². The Bertz CT molecular complexity index is 608. The molecule has 0 aliphatic carbocycles. The van der Waals surface area contributed by atoms with Gasteiger partial charge in [0.2, 0.25) is 0 Å². The Kier molecular flexibility index (Phi) is 10.8. The van der Waals surface area contributed by atoms with Gasteiger partial charge in [-0.25, -0.2) is 0 Å². The van der Waals surface area contributed by atoms with E-state index in [0.29, 0.717) is 19.1 Å². The summed E-state index contributed by atoms with van der Waals surface area (Å²) < 4.78 is 16.5. The van der Waals surface area contributed by atoms with Crippen LogP contribution in [-0.2, 0) is 17.7 Å². The van der Waals surface area contributed by atoms with E-state index in [9.17, 15) is 0 Å². The lowest BCUT2D eigenvalue weighted by Crippen LogP contribution is -2.44. The number of rotatable bonds is 8. The molecule has 0 spiro atoms. The maximum Gasteiger partial charge on any atom is 0.194 e. The van der Waals surface area contributed by atoms with Crippen molar-refractivity contribution < 1.29 is 14.2 Å². The first kappa shape index (κ1) is 23.8. The summed E-state index contributed by atoms with van der Waals surface area (Å²) in [4.78, 5) is 7.03. The zero-order valence-electron chi connectivity index (χ0n) is 17.2. The molecular formula is C20H34IN3O3. The second kappa shape index (κ2) is 12.3. The highest BCUT2D eigenvalue weighted by Crippen LogP contribution is 2.33. The van der Waals surface area contributed by atoms with E-state index in [4.69, 9.17) is 19.2 Å². The molecule has 7 heteroatoms. The Morgan fingerprint density at radius 2 is 1.85 bits per heavy atom. The molecule has 0 saturated carbocycles. The van der Waals surface area contributed by atoms with E-state index in [-0.39, 0.29) is 24.0 Å². The van der Waals surface area contributed by atoms with Crippen LogP contribution in [0.15, 0.2) is 17.1 Å². The number of nitrogens with one attached hydrogen (secondary N) is 1. The van der Waals surface area contributed by atoms with Gasteiger partial charge in [-0.05, 0) is 42.5 Å². The third-order valence-corrected chi connectivity index (χ3v) is 4.30. The van der Waals surface area contributed by atoms with Crippen molar-refractivity contribution in [3.8, 4) is 11.5 Å². The predicted molar refractivity (Wildman–Crippen MR) is 121 cm³/mol. The fourth-order valence-electron chi connectivity index (χ4n) is 3.02. The van der Waals surface area contributed by atoms with Crippen LogP contribution < -0.4 is 14.8 Å². The van der Waals surface area contributed by atoms with Crippen molar-refractivity contribution in [1.82, 2.24) is 10.2 Å². The van der Waals surface area contributed by atoms with Crippen molar-refractivity contribution in [3.05, 3.63) is 23.3 Å². The van der Waals surface area contributed by atoms with Gasteiger partial charge in [-0.2, -0.15) is 0 Å². The number of fused-ring (bicyclic) bond motifs is 1. The number of nitrogens with zero attached hydrogens (tertiary/aromatic N) is 2. The minimum absolute atomic E-state index is 0. The normalized spacial score (nSPS) is 13.9. The van der Waals surface area contributed by atoms with E-state index in [1.807, 2.05) is 0 Å².